The van der Waals surface area contributed by atoms with Gasteiger partial charge in [0, 0.05) is 12.1 Å². The molecule has 6 nitrogen and oxygen atoms in total. The fourth-order valence-electron chi connectivity index (χ4n) is 2.56. The van der Waals surface area contributed by atoms with E-state index in [2.05, 4.69) is 0 Å². The van der Waals surface area contributed by atoms with Crippen LogP contribution in [0, 0.1) is 5.92 Å². The van der Waals surface area contributed by atoms with Crippen LogP contribution in [0.5, 0.6) is 0 Å². The second kappa shape index (κ2) is 6.32. The van der Waals surface area contributed by atoms with Gasteiger partial charge in [-0.2, -0.15) is 0 Å². The Kier molecular flexibility index (Phi) is 4.69. The second-order valence-electron chi connectivity index (χ2n) is 4.87. The third kappa shape index (κ3) is 3.11. The summed E-state index contributed by atoms with van der Waals surface area (Å²) in [4.78, 5) is 24.3. The number of carboxylic acids is 1. The minimum atomic E-state index is -0.888. The molecular formula is C14H17ClN2O4. The van der Waals surface area contributed by atoms with Gasteiger partial charge in [-0.05, 0) is 25.1 Å². The zero-order chi connectivity index (χ0) is 15.6. The highest BCUT2D eigenvalue weighted by atomic mass is 35.5. The number of halogens is 1. The number of ether oxygens (including phenoxy) is 1. The molecule has 0 spiro atoms. The monoisotopic (exact) mass is 312 g/mol. The van der Waals surface area contributed by atoms with Crippen LogP contribution in [0.2, 0.25) is 5.02 Å². The van der Waals surface area contributed by atoms with Gasteiger partial charge in [-0.25, -0.2) is 0 Å². The molecule has 0 bridgehead atoms. The van der Waals surface area contributed by atoms with E-state index >= 15 is 0 Å². The Bertz CT molecular complexity index is 564. The molecule has 2 unspecified atom stereocenters. The van der Waals surface area contributed by atoms with Gasteiger partial charge in [0.25, 0.3) is 0 Å². The summed E-state index contributed by atoms with van der Waals surface area (Å²) in [5.74, 6) is -2.04. The van der Waals surface area contributed by atoms with E-state index < -0.39 is 17.8 Å². The summed E-state index contributed by atoms with van der Waals surface area (Å²) in [5, 5.41) is 9.63. The standard InChI is InChI=1S/C14H17ClN2O4/c1-2-17(12-7-21-6-9(12)14(19)20)11-4-3-8(13(16)18)5-10(11)15/h3-5,9,12H,2,6-7H2,1H3,(H2,16,18)(H,19,20). The number of nitrogens with zero attached hydrogens (tertiary/aromatic N) is 1. The molecule has 7 heteroatoms. The smallest absolute Gasteiger partial charge is 0.311 e. The third-order valence-electron chi connectivity index (χ3n) is 3.65. The van der Waals surface area contributed by atoms with Crippen LogP contribution in [0.25, 0.3) is 0 Å². The summed E-state index contributed by atoms with van der Waals surface area (Å²) in [5.41, 5.74) is 6.21. The lowest BCUT2D eigenvalue weighted by molar-refractivity contribution is -0.141. The molecule has 0 radical (unpaired) electrons. The SMILES string of the molecule is CCN(c1ccc(C(N)=O)cc1Cl)C1COCC1C(=O)O. The minimum Gasteiger partial charge on any atom is -0.481 e. The van der Waals surface area contributed by atoms with E-state index in [1.54, 1.807) is 12.1 Å². The van der Waals surface area contributed by atoms with Crippen molar-refractivity contribution in [2.24, 2.45) is 11.7 Å². The van der Waals surface area contributed by atoms with Gasteiger partial charge >= 0.3 is 5.97 Å². The van der Waals surface area contributed by atoms with Gasteiger partial charge in [0.15, 0.2) is 0 Å². The molecule has 3 N–H and O–H groups in total. The van der Waals surface area contributed by atoms with Crippen molar-refractivity contribution in [1.29, 1.82) is 0 Å². The number of nitrogens with two attached hydrogens (primary N) is 1. The number of anilines is 1. The molecule has 1 aromatic carbocycles. The molecule has 1 amide bonds. The number of carbonyl (C=O) groups is 2. The maximum Gasteiger partial charge on any atom is 0.311 e. The highest BCUT2D eigenvalue weighted by Crippen LogP contribution is 2.32. The Hall–Kier alpha value is -1.79. The van der Waals surface area contributed by atoms with Crippen molar-refractivity contribution >= 4 is 29.2 Å². The van der Waals surface area contributed by atoms with E-state index in [1.165, 1.54) is 6.07 Å². The number of aliphatic carboxylic acids is 1. The summed E-state index contributed by atoms with van der Waals surface area (Å²) >= 11 is 6.22. The van der Waals surface area contributed by atoms with Crippen LogP contribution in [-0.2, 0) is 9.53 Å². The van der Waals surface area contributed by atoms with Crippen molar-refractivity contribution < 1.29 is 19.4 Å². The number of carbonyl (C=O) groups excluding carboxylic acids is 1. The first kappa shape index (κ1) is 15.6. The number of hydrogen-bond donors (Lipinski definition) is 2. The molecule has 1 aromatic rings. The average Bonchev–Trinajstić information content (AvgIpc) is 2.90. The van der Waals surface area contributed by atoms with E-state index in [0.717, 1.165) is 0 Å². The van der Waals surface area contributed by atoms with Crippen LogP contribution in [0.4, 0.5) is 5.69 Å². The van der Waals surface area contributed by atoms with E-state index in [9.17, 15) is 14.7 Å². The number of primary amides is 1. The molecule has 0 saturated carbocycles. The lowest BCUT2D eigenvalue weighted by Gasteiger charge is -2.32. The van der Waals surface area contributed by atoms with Crippen LogP contribution < -0.4 is 10.6 Å². The maximum absolute atomic E-state index is 11.3. The first-order valence-electron chi connectivity index (χ1n) is 6.62. The second-order valence-corrected chi connectivity index (χ2v) is 5.27. The van der Waals surface area contributed by atoms with Crippen LogP contribution in [-0.4, -0.2) is 42.8 Å². The largest absolute Gasteiger partial charge is 0.481 e. The molecular weight excluding hydrogens is 296 g/mol. The summed E-state index contributed by atoms with van der Waals surface area (Å²) in [7, 11) is 0. The molecule has 2 rings (SSSR count). The normalized spacial score (nSPS) is 21.2. The highest BCUT2D eigenvalue weighted by molar-refractivity contribution is 6.33. The summed E-state index contributed by atoms with van der Waals surface area (Å²) in [6.45, 7) is 3.01. The van der Waals surface area contributed by atoms with Crippen molar-refractivity contribution in [3.8, 4) is 0 Å². The molecule has 0 aromatic heterocycles. The molecule has 1 saturated heterocycles. The molecule has 1 aliphatic rings. The van der Waals surface area contributed by atoms with Gasteiger partial charge in [-0.3, -0.25) is 9.59 Å². The molecule has 1 aliphatic heterocycles. The fourth-order valence-corrected chi connectivity index (χ4v) is 2.85. The number of amides is 1. The van der Waals surface area contributed by atoms with E-state index in [4.69, 9.17) is 22.1 Å². The highest BCUT2D eigenvalue weighted by Gasteiger charge is 2.38. The average molecular weight is 313 g/mol. The molecule has 1 fully saturated rings. The van der Waals surface area contributed by atoms with Crippen LogP contribution in [0.15, 0.2) is 18.2 Å². The van der Waals surface area contributed by atoms with Crippen molar-refractivity contribution in [2.45, 2.75) is 13.0 Å². The van der Waals surface area contributed by atoms with Crippen molar-refractivity contribution in [3.05, 3.63) is 28.8 Å². The van der Waals surface area contributed by atoms with Gasteiger partial charge in [0.2, 0.25) is 5.91 Å². The minimum absolute atomic E-state index is 0.188. The Morgan fingerprint density at radius 3 is 2.71 bits per heavy atom. The molecule has 1 heterocycles. The predicted molar refractivity (Wildman–Crippen MR) is 78.7 cm³/mol. The quantitative estimate of drug-likeness (QED) is 0.856. The molecule has 114 valence electrons. The van der Waals surface area contributed by atoms with Crippen molar-refractivity contribution in [2.75, 3.05) is 24.7 Å². The maximum atomic E-state index is 11.3. The van der Waals surface area contributed by atoms with Crippen molar-refractivity contribution in [1.82, 2.24) is 0 Å². The Morgan fingerprint density at radius 1 is 1.48 bits per heavy atom. The molecule has 21 heavy (non-hydrogen) atoms. The molecule has 2 atom stereocenters. The fraction of sp³-hybridized carbons (Fsp3) is 0.429. The zero-order valence-corrected chi connectivity index (χ0v) is 12.3. The number of carboxylic acid groups (broad SMARTS) is 1. The van der Waals surface area contributed by atoms with Gasteiger partial charge in [0.1, 0.15) is 5.92 Å². The lowest BCUT2D eigenvalue weighted by atomic mass is 10.0. The van der Waals surface area contributed by atoms with Gasteiger partial charge in [0.05, 0.1) is 30.0 Å². The Morgan fingerprint density at radius 2 is 2.19 bits per heavy atom. The summed E-state index contributed by atoms with van der Waals surface area (Å²) < 4.78 is 5.30. The van der Waals surface area contributed by atoms with E-state index in [0.29, 0.717) is 29.4 Å². The summed E-state index contributed by atoms with van der Waals surface area (Å²) in [6.07, 6.45) is 0. The number of rotatable bonds is 5. The summed E-state index contributed by atoms with van der Waals surface area (Å²) in [6, 6.07) is 4.47. The Balaban J connectivity index is 2.33. The topological polar surface area (TPSA) is 92.9 Å². The van der Waals surface area contributed by atoms with Gasteiger partial charge in [-0.1, -0.05) is 11.6 Å². The number of benzene rings is 1. The zero-order valence-electron chi connectivity index (χ0n) is 11.6. The first-order valence-corrected chi connectivity index (χ1v) is 7.00. The Labute approximate surface area is 127 Å². The van der Waals surface area contributed by atoms with E-state index in [1.807, 2.05) is 11.8 Å². The van der Waals surface area contributed by atoms with Gasteiger partial charge < -0.3 is 20.5 Å². The molecule has 0 aliphatic carbocycles. The number of likely N-dealkylation sites (N-methyl/N-ethyl adjacent to an activating group) is 1. The third-order valence-corrected chi connectivity index (χ3v) is 3.95. The van der Waals surface area contributed by atoms with Crippen LogP contribution in [0.3, 0.4) is 0 Å². The lowest BCUT2D eigenvalue weighted by Crippen LogP contribution is -2.43. The van der Waals surface area contributed by atoms with Gasteiger partial charge in [-0.15, -0.1) is 0 Å². The number of hydrogen-bond acceptors (Lipinski definition) is 4. The van der Waals surface area contributed by atoms with E-state index in [-0.39, 0.29) is 12.6 Å². The van der Waals surface area contributed by atoms with Crippen LogP contribution in [0.1, 0.15) is 17.3 Å². The van der Waals surface area contributed by atoms with Crippen molar-refractivity contribution in [3.63, 3.8) is 0 Å². The predicted octanol–water partition coefficient (Wildman–Crippen LogP) is 1.36. The first-order chi connectivity index (χ1) is 9.95. The van der Waals surface area contributed by atoms with Crippen LogP contribution >= 0.6 is 11.6 Å².